The van der Waals surface area contributed by atoms with Crippen molar-refractivity contribution < 1.29 is 14.3 Å². The Balaban J connectivity index is 1.92. The van der Waals surface area contributed by atoms with Crippen LogP contribution in [-0.4, -0.2) is 35.4 Å². The first-order valence-corrected chi connectivity index (χ1v) is 13.6. The lowest BCUT2D eigenvalue weighted by atomic mass is 10.0. The molecule has 0 unspecified atom stereocenters. The fourth-order valence-corrected chi connectivity index (χ4v) is 4.37. The monoisotopic (exact) mass is 584 g/mol. The van der Waals surface area contributed by atoms with Gasteiger partial charge in [-0.25, -0.2) is 0 Å². The van der Waals surface area contributed by atoms with Gasteiger partial charge in [-0.2, -0.15) is 0 Å². The van der Waals surface area contributed by atoms with Crippen molar-refractivity contribution in [2.75, 3.05) is 6.61 Å². The van der Waals surface area contributed by atoms with E-state index in [0.717, 1.165) is 33.1 Å². The highest BCUT2D eigenvalue weighted by Gasteiger charge is 2.31. The number of carbonyl (C=O) groups is 2. The molecule has 0 saturated carbocycles. The van der Waals surface area contributed by atoms with Crippen LogP contribution >= 0.6 is 27.5 Å². The Hall–Kier alpha value is -2.83. The summed E-state index contributed by atoms with van der Waals surface area (Å²) in [6, 6.07) is 20.4. The number of rotatable bonds is 11. The van der Waals surface area contributed by atoms with Gasteiger partial charge in [-0.15, -0.1) is 0 Å². The number of ether oxygens (including phenoxy) is 1. The standard InChI is InChI=1S/C30H34BrClN2O3/c1-5-22(4)33-30(36)27(17-23-9-7-6-8-10-23)34(18-24-11-13-25(31)14-12-24)28(35)19-37-26-15-20(2)29(32)21(3)16-26/h6-16,22,27H,5,17-19H2,1-4H3,(H,33,36)/t22-,27-/m1/s1. The number of nitrogens with zero attached hydrogens (tertiary/aromatic N) is 1. The minimum Gasteiger partial charge on any atom is -0.484 e. The molecule has 0 aromatic heterocycles. The summed E-state index contributed by atoms with van der Waals surface area (Å²) in [4.78, 5) is 28.9. The van der Waals surface area contributed by atoms with Crippen LogP contribution in [0.25, 0.3) is 0 Å². The van der Waals surface area contributed by atoms with Crippen molar-refractivity contribution in [1.29, 1.82) is 0 Å². The molecule has 196 valence electrons. The number of carbonyl (C=O) groups excluding carboxylic acids is 2. The summed E-state index contributed by atoms with van der Waals surface area (Å²) >= 11 is 9.76. The molecule has 0 aliphatic rings. The number of amides is 2. The van der Waals surface area contributed by atoms with Crippen LogP contribution in [0, 0.1) is 13.8 Å². The lowest BCUT2D eigenvalue weighted by molar-refractivity contribution is -0.143. The smallest absolute Gasteiger partial charge is 0.261 e. The lowest BCUT2D eigenvalue weighted by Gasteiger charge is -2.32. The van der Waals surface area contributed by atoms with Crippen molar-refractivity contribution in [3.05, 3.63) is 98.5 Å². The topological polar surface area (TPSA) is 58.6 Å². The Labute approximate surface area is 233 Å². The number of hydrogen-bond acceptors (Lipinski definition) is 3. The van der Waals surface area contributed by atoms with Crippen molar-refractivity contribution in [3.63, 3.8) is 0 Å². The number of nitrogens with one attached hydrogen (secondary N) is 1. The Bertz CT molecular complexity index is 1180. The summed E-state index contributed by atoms with van der Waals surface area (Å²) in [6.07, 6.45) is 1.19. The third-order valence-electron chi connectivity index (χ3n) is 6.31. The second-order valence-corrected chi connectivity index (χ2v) is 10.6. The molecule has 2 amide bonds. The quantitative estimate of drug-likeness (QED) is 0.274. The third kappa shape index (κ3) is 8.34. The Kier molecular flexibility index (Phi) is 10.6. The summed E-state index contributed by atoms with van der Waals surface area (Å²) in [7, 11) is 0. The van der Waals surface area contributed by atoms with Crippen molar-refractivity contribution in [2.24, 2.45) is 0 Å². The molecule has 0 aliphatic carbocycles. The maximum atomic E-state index is 13.7. The van der Waals surface area contributed by atoms with Gasteiger partial charge in [0.15, 0.2) is 6.61 Å². The molecule has 0 bridgehead atoms. The van der Waals surface area contributed by atoms with E-state index in [-0.39, 0.29) is 31.0 Å². The van der Waals surface area contributed by atoms with E-state index in [2.05, 4.69) is 21.2 Å². The van der Waals surface area contributed by atoms with Gasteiger partial charge in [-0.1, -0.05) is 76.9 Å². The summed E-state index contributed by atoms with van der Waals surface area (Å²) in [5.74, 6) is 0.121. The number of benzene rings is 3. The second-order valence-electron chi connectivity index (χ2n) is 9.33. The van der Waals surface area contributed by atoms with Crippen molar-refractivity contribution in [1.82, 2.24) is 10.2 Å². The first-order valence-electron chi connectivity index (χ1n) is 12.5. The Morgan fingerprint density at radius 3 is 2.22 bits per heavy atom. The van der Waals surface area contributed by atoms with E-state index in [1.54, 1.807) is 4.90 Å². The van der Waals surface area contributed by atoms with Crippen molar-refractivity contribution in [2.45, 2.75) is 59.2 Å². The van der Waals surface area contributed by atoms with Crippen LogP contribution in [0.5, 0.6) is 5.75 Å². The van der Waals surface area contributed by atoms with E-state index in [4.69, 9.17) is 16.3 Å². The first kappa shape index (κ1) is 28.7. The fourth-order valence-electron chi connectivity index (χ4n) is 4.00. The molecule has 0 aliphatic heterocycles. The average molecular weight is 586 g/mol. The van der Waals surface area contributed by atoms with Gasteiger partial charge in [0, 0.05) is 28.5 Å². The maximum Gasteiger partial charge on any atom is 0.261 e. The van der Waals surface area contributed by atoms with Gasteiger partial charge < -0.3 is 15.0 Å². The van der Waals surface area contributed by atoms with E-state index < -0.39 is 6.04 Å². The summed E-state index contributed by atoms with van der Waals surface area (Å²) < 4.78 is 6.86. The van der Waals surface area contributed by atoms with Gasteiger partial charge in [0.05, 0.1) is 0 Å². The highest BCUT2D eigenvalue weighted by molar-refractivity contribution is 9.10. The maximum absolute atomic E-state index is 13.7. The molecule has 3 aromatic rings. The minimum absolute atomic E-state index is 0.00771. The predicted octanol–water partition coefficient (Wildman–Crippen LogP) is 6.65. The van der Waals surface area contributed by atoms with Gasteiger partial charge >= 0.3 is 0 Å². The van der Waals surface area contributed by atoms with Crippen LogP contribution in [0.4, 0.5) is 0 Å². The summed E-state index contributed by atoms with van der Waals surface area (Å²) in [5, 5.41) is 3.76. The molecule has 3 aromatic carbocycles. The highest BCUT2D eigenvalue weighted by atomic mass is 79.9. The number of hydrogen-bond donors (Lipinski definition) is 1. The van der Waals surface area contributed by atoms with Crippen LogP contribution < -0.4 is 10.1 Å². The molecule has 0 spiro atoms. The highest BCUT2D eigenvalue weighted by Crippen LogP contribution is 2.26. The Morgan fingerprint density at radius 1 is 1.00 bits per heavy atom. The molecular formula is C30H34BrClN2O3. The molecule has 2 atom stereocenters. The van der Waals surface area contributed by atoms with E-state index in [1.807, 2.05) is 94.4 Å². The van der Waals surface area contributed by atoms with Crippen LogP contribution in [-0.2, 0) is 22.6 Å². The first-order chi connectivity index (χ1) is 17.7. The molecule has 0 heterocycles. The molecule has 0 saturated heterocycles. The van der Waals surface area contributed by atoms with Crippen molar-refractivity contribution in [3.8, 4) is 5.75 Å². The SMILES string of the molecule is CC[C@@H](C)NC(=O)[C@@H](Cc1ccccc1)N(Cc1ccc(Br)cc1)C(=O)COc1cc(C)c(Cl)c(C)c1. The molecule has 0 fully saturated rings. The molecule has 0 radical (unpaired) electrons. The van der Waals surface area contributed by atoms with Crippen LogP contribution in [0.2, 0.25) is 5.02 Å². The van der Waals surface area contributed by atoms with Gasteiger partial charge in [0.1, 0.15) is 11.8 Å². The van der Waals surface area contributed by atoms with Crippen LogP contribution in [0.3, 0.4) is 0 Å². The van der Waals surface area contributed by atoms with Crippen LogP contribution in [0.15, 0.2) is 71.2 Å². The van der Waals surface area contributed by atoms with E-state index >= 15 is 0 Å². The van der Waals surface area contributed by atoms with Gasteiger partial charge in [-0.3, -0.25) is 9.59 Å². The van der Waals surface area contributed by atoms with E-state index in [0.29, 0.717) is 17.2 Å². The van der Waals surface area contributed by atoms with E-state index in [9.17, 15) is 9.59 Å². The molecule has 7 heteroatoms. The van der Waals surface area contributed by atoms with Crippen LogP contribution in [0.1, 0.15) is 42.5 Å². The molecule has 1 N–H and O–H groups in total. The zero-order chi connectivity index (χ0) is 26.9. The molecule has 37 heavy (non-hydrogen) atoms. The molecule has 5 nitrogen and oxygen atoms in total. The van der Waals surface area contributed by atoms with Gasteiger partial charge in [-0.05, 0) is 73.7 Å². The predicted molar refractivity (Wildman–Crippen MR) is 153 cm³/mol. The number of halogens is 2. The molecule has 3 rings (SSSR count). The Morgan fingerprint density at radius 2 is 1.62 bits per heavy atom. The second kappa shape index (κ2) is 13.6. The molecular weight excluding hydrogens is 552 g/mol. The largest absolute Gasteiger partial charge is 0.484 e. The van der Waals surface area contributed by atoms with Gasteiger partial charge in [0.25, 0.3) is 5.91 Å². The zero-order valence-corrected chi connectivity index (χ0v) is 24.1. The minimum atomic E-state index is -0.704. The van der Waals surface area contributed by atoms with Gasteiger partial charge in [0.2, 0.25) is 5.91 Å². The summed E-state index contributed by atoms with van der Waals surface area (Å²) in [6.45, 7) is 7.87. The fraction of sp³-hybridized carbons (Fsp3) is 0.333. The number of aryl methyl sites for hydroxylation is 2. The normalized spacial score (nSPS) is 12.5. The third-order valence-corrected chi connectivity index (χ3v) is 7.44. The summed E-state index contributed by atoms with van der Waals surface area (Å²) in [5.41, 5.74) is 3.66. The average Bonchev–Trinajstić information content (AvgIpc) is 2.89. The van der Waals surface area contributed by atoms with Crippen molar-refractivity contribution >= 4 is 39.3 Å². The zero-order valence-electron chi connectivity index (χ0n) is 21.8. The lowest BCUT2D eigenvalue weighted by Crippen LogP contribution is -2.53. The van der Waals surface area contributed by atoms with E-state index in [1.165, 1.54) is 0 Å².